The standard InChI is InChI=1S/C23H31FO7S/c1-13-9-17-16-6-5-14-10-15(25)7-8-20(14,2)22(16,24)18(26)11-21(17,3)23(13,28)19(27)12-31-32(4,29)30/h7-8,10,13,16-18,26,28H,5-6,9,11-12H2,1-4H3/t13-,16-,17-,18-,20-,21-,22-,23-/m0/s1. The van der Waals surface area contributed by atoms with Crippen LogP contribution >= 0.6 is 0 Å². The minimum absolute atomic E-state index is 0.166. The molecule has 0 aromatic carbocycles. The SMILES string of the molecule is C[C@H]1C[C@H]2[C@@H]3CCC4=CC(=O)C=C[C@]4(C)[C@@]3(F)[C@@H](O)C[C@]2(C)[C@@]1(O)C(=O)COS(C)(=O)=O. The highest BCUT2D eigenvalue weighted by Gasteiger charge is 2.75. The molecule has 3 saturated carbocycles. The summed E-state index contributed by atoms with van der Waals surface area (Å²) < 4.78 is 44.5. The molecule has 0 spiro atoms. The van der Waals surface area contributed by atoms with Gasteiger partial charge in [-0.3, -0.25) is 13.8 Å². The van der Waals surface area contributed by atoms with Crippen LogP contribution in [0.3, 0.4) is 0 Å². The van der Waals surface area contributed by atoms with Crippen molar-refractivity contribution in [3.63, 3.8) is 0 Å². The van der Waals surface area contributed by atoms with Crippen molar-refractivity contribution in [2.24, 2.45) is 28.6 Å². The van der Waals surface area contributed by atoms with Gasteiger partial charge in [-0.25, -0.2) is 4.39 Å². The first-order valence-electron chi connectivity index (χ1n) is 11.0. The van der Waals surface area contributed by atoms with E-state index in [9.17, 15) is 28.2 Å². The first-order chi connectivity index (χ1) is 14.6. The number of carbonyl (C=O) groups is 2. The predicted molar refractivity (Wildman–Crippen MR) is 114 cm³/mol. The molecular weight excluding hydrogens is 439 g/mol. The number of allylic oxidation sites excluding steroid dienone is 4. The second-order valence-corrected chi connectivity index (χ2v) is 12.2. The van der Waals surface area contributed by atoms with Gasteiger partial charge in [0.2, 0.25) is 0 Å². The van der Waals surface area contributed by atoms with Gasteiger partial charge in [-0.2, -0.15) is 8.42 Å². The van der Waals surface area contributed by atoms with Gasteiger partial charge in [0.1, 0.15) is 12.2 Å². The maximum absolute atomic E-state index is 17.0. The zero-order valence-electron chi connectivity index (χ0n) is 18.8. The molecule has 4 rings (SSSR count). The molecule has 0 aliphatic heterocycles. The second kappa shape index (κ2) is 7.04. The largest absolute Gasteiger partial charge is 0.390 e. The fourth-order valence-corrected chi connectivity index (χ4v) is 7.73. The number of hydrogen-bond donors (Lipinski definition) is 2. The Labute approximate surface area is 187 Å². The fourth-order valence-electron chi connectivity index (χ4n) is 7.41. The lowest BCUT2D eigenvalue weighted by molar-refractivity contribution is -0.219. The zero-order valence-corrected chi connectivity index (χ0v) is 19.6. The van der Waals surface area contributed by atoms with Crippen LogP contribution in [-0.2, 0) is 23.9 Å². The molecular formula is C23H31FO7S. The van der Waals surface area contributed by atoms with Crippen molar-refractivity contribution in [3.05, 3.63) is 23.8 Å². The van der Waals surface area contributed by atoms with Gasteiger partial charge in [0, 0.05) is 16.7 Å². The zero-order chi connectivity index (χ0) is 23.9. The number of hydrogen-bond acceptors (Lipinski definition) is 7. The summed E-state index contributed by atoms with van der Waals surface area (Å²) in [4.78, 5) is 25.0. The molecule has 0 heterocycles. The molecule has 0 aromatic rings. The molecule has 8 atom stereocenters. The third-order valence-electron chi connectivity index (χ3n) is 9.05. The molecule has 2 N–H and O–H groups in total. The van der Waals surface area contributed by atoms with E-state index in [4.69, 9.17) is 0 Å². The molecule has 0 bridgehead atoms. The molecule has 0 radical (unpaired) electrons. The lowest BCUT2D eigenvalue weighted by Gasteiger charge is -2.62. The highest BCUT2D eigenvalue weighted by atomic mass is 32.2. The van der Waals surface area contributed by atoms with Crippen LogP contribution in [0.1, 0.15) is 46.5 Å². The number of fused-ring (bicyclic) bond motifs is 5. The Hall–Kier alpha value is -1.42. The molecule has 3 fully saturated rings. The van der Waals surface area contributed by atoms with Crippen LogP contribution in [0.5, 0.6) is 0 Å². The summed E-state index contributed by atoms with van der Waals surface area (Å²) in [5, 5.41) is 22.9. The first-order valence-corrected chi connectivity index (χ1v) is 12.8. The molecule has 7 nitrogen and oxygen atoms in total. The molecule has 0 amide bonds. The van der Waals surface area contributed by atoms with Crippen molar-refractivity contribution in [2.75, 3.05) is 12.9 Å². The molecule has 0 saturated heterocycles. The smallest absolute Gasteiger partial charge is 0.264 e. The molecule has 0 aromatic heterocycles. The van der Waals surface area contributed by atoms with Crippen LogP contribution in [0.15, 0.2) is 23.8 Å². The van der Waals surface area contributed by atoms with E-state index >= 15 is 4.39 Å². The van der Waals surface area contributed by atoms with Gasteiger partial charge in [0.05, 0.1) is 12.4 Å². The van der Waals surface area contributed by atoms with Crippen molar-refractivity contribution in [1.82, 2.24) is 0 Å². The van der Waals surface area contributed by atoms with Crippen molar-refractivity contribution < 1.29 is 36.8 Å². The number of ketones is 2. The van der Waals surface area contributed by atoms with Gasteiger partial charge >= 0.3 is 0 Å². The van der Waals surface area contributed by atoms with Crippen molar-refractivity contribution in [1.29, 1.82) is 0 Å². The number of alkyl halides is 1. The van der Waals surface area contributed by atoms with E-state index in [0.29, 0.717) is 24.8 Å². The number of aliphatic hydroxyl groups excluding tert-OH is 1. The maximum Gasteiger partial charge on any atom is 0.264 e. The Morgan fingerprint density at radius 1 is 1.31 bits per heavy atom. The molecule has 0 unspecified atom stereocenters. The molecule has 9 heteroatoms. The Balaban J connectivity index is 1.75. The van der Waals surface area contributed by atoms with Gasteiger partial charge in [0.25, 0.3) is 10.1 Å². The highest BCUT2D eigenvalue weighted by molar-refractivity contribution is 7.86. The Morgan fingerprint density at radius 3 is 2.59 bits per heavy atom. The topological polar surface area (TPSA) is 118 Å². The summed E-state index contributed by atoms with van der Waals surface area (Å²) >= 11 is 0. The van der Waals surface area contributed by atoms with Crippen LogP contribution in [-0.4, -0.2) is 60.4 Å². The number of Topliss-reactive ketones (excluding diaryl/α,β-unsaturated/α-hetero) is 1. The molecule has 32 heavy (non-hydrogen) atoms. The quantitative estimate of drug-likeness (QED) is 0.602. The minimum atomic E-state index is -3.89. The van der Waals surface area contributed by atoms with E-state index in [2.05, 4.69) is 4.18 Å². The average Bonchev–Trinajstić information content (AvgIpc) is 2.89. The molecule has 178 valence electrons. The highest BCUT2D eigenvalue weighted by Crippen LogP contribution is 2.70. The van der Waals surface area contributed by atoms with Crippen LogP contribution < -0.4 is 0 Å². The van der Waals surface area contributed by atoms with E-state index in [1.165, 1.54) is 12.2 Å². The monoisotopic (exact) mass is 470 g/mol. The van der Waals surface area contributed by atoms with Crippen LogP contribution in [0.25, 0.3) is 0 Å². The lowest BCUT2D eigenvalue weighted by atomic mass is 9.44. The maximum atomic E-state index is 17.0. The summed E-state index contributed by atoms with van der Waals surface area (Å²) in [6, 6.07) is 0. The predicted octanol–water partition coefficient (Wildman–Crippen LogP) is 1.88. The minimum Gasteiger partial charge on any atom is -0.390 e. The number of halogens is 1. The summed E-state index contributed by atoms with van der Waals surface area (Å²) in [7, 11) is -3.89. The number of carbonyl (C=O) groups excluding carboxylic acids is 2. The summed E-state index contributed by atoms with van der Waals surface area (Å²) in [6.07, 6.45) is 4.75. The third kappa shape index (κ3) is 2.90. The second-order valence-electron chi connectivity index (χ2n) is 10.6. The van der Waals surface area contributed by atoms with E-state index in [0.717, 1.165) is 6.26 Å². The van der Waals surface area contributed by atoms with Gasteiger partial charge in [-0.1, -0.05) is 25.5 Å². The van der Waals surface area contributed by atoms with Crippen molar-refractivity contribution >= 4 is 21.7 Å². The van der Waals surface area contributed by atoms with E-state index in [1.54, 1.807) is 26.8 Å². The van der Waals surface area contributed by atoms with Crippen LogP contribution in [0, 0.1) is 28.6 Å². The van der Waals surface area contributed by atoms with E-state index in [-0.39, 0.29) is 12.2 Å². The first kappa shape index (κ1) is 23.7. The van der Waals surface area contributed by atoms with Gasteiger partial charge in [0.15, 0.2) is 17.2 Å². The normalized spacial score (nSPS) is 48.0. The summed E-state index contributed by atoms with van der Waals surface area (Å²) in [5.74, 6) is -2.60. The molecule has 4 aliphatic carbocycles. The van der Waals surface area contributed by atoms with Gasteiger partial charge < -0.3 is 10.2 Å². The Morgan fingerprint density at radius 2 is 1.97 bits per heavy atom. The van der Waals surface area contributed by atoms with Crippen molar-refractivity contribution in [3.8, 4) is 0 Å². The summed E-state index contributed by atoms with van der Waals surface area (Å²) in [6.45, 7) is 4.29. The molecule has 4 aliphatic rings. The third-order valence-corrected chi connectivity index (χ3v) is 9.60. The average molecular weight is 471 g/mol. The Bertz CT molecular complexity index is 1030. The van der Waals surface area contributed by atoms with Crippen molar-refractivity contribution in [2.45, 2.75) is 63.8 Å². The fraction of sp³-hybridized carbons (Fsp3) is 0.739. The van der Waals surface area contributed by atoms with Crippen LogP contribution in [0.4, 0.5) is 4.39 Å². The van der Waals surface area contributed by atoms with E-state index in [1.807, 2.05) is 0 Å². The van der Waals surface area contributed by atoms with E-state index < -0.39 is 68.5 Å². The Kier molecular flexibility index (Phi) is 5.22. The van der Waals surface area contributed by atoms with Crippen LogP contribution in [0.2, 0.25) is 0 Å². The number of aliphatic hydroxyl groups is 2. The van der Waals surface area contributed by atoms with Gasteiger partial charge in [-0.15, -0.1) is 0 Å². The number of rotatable bonds is 4. The lowest BCUT2D eigenvalue weighted by Crippen LogP contribution is -2.69. The summed E-state index contributed by atoms with van der Waals surface area (Å²) in [5.41, 5.74) is -5.67. The van der Waals surface area contributed by atoms with Gasteiger partial charge in [-0.05, 0) is 56.6 Å².